The molecule has 0 spiro atoms. The summed E-state index contributed by atoms with van der Waals surface area (Å²) in [7, 11) is -0.930. The third kappa shape index (κ3) is 6.32. The first kappa shape index (κ1) is 28.4. The number of hydrogen-bond donors (Lipinski definition) is 1. The minimum absolute atomic E-state index is 0.0370. The highest BCUT2D eigenvalue weighted by molar-refractivity contribution is 7.92. The minimum atomic E-state index is -4.02. The van der Waals surface area contributed by atoms with E-state index in [0.717, 1.165) is 16.7 Å². The van der Waals surface area contributed by atoms with Gasteiger partial charge in [0.1, 0.15) is 0 Å². The summed E-state index contributed by atoms with van der Waals surface area (Å²) < 4.78 is 39.8. The van der Waals surface area contributed by atoms with E-state index in [2.05, 4.69) is 10.5 Å². The van der Waals surface area contributed by atoms with Gasteiger partial charge in [0.15, 0.2) is 11.5 Å². The van der Waals surface area contributed by atoms with Crippen molar-refractivity contribution in [1.29, 1.82) is 0 Å². The molecule has 0 aliphatic carbocycles. The predicted molar refractivity (Wildman–Crippen MR) is 157 cm³/mol. The van der Waals surface area contributed by atoms with Crippen LogP contribution in [0.4, 0.5) is 5.69 Å². The molecule has 4 aromatic carbocycles. The van der Waals surface area contributed by atoms with E-state index in [9.17, 15) is 13.2 Å². The number of hydrogen-bond acceptors (Lipinski definition) is 6. The maximum atomic E-state index is 13.9. The molecule has 0 aliphatic heterocycles. The van der Waals surface area contributed by atoms with Crippen molar-refractivity contribution in [3.05, 3.63) is 119 Å². The van der Waals surface area contributed by atoms with E-state index in [0.29, 0.717) is 17.2 Å². The Balaban J connectivity index is 1.70. The largest absolute Gasteiger partial charge is 0.493 e. The fourth-order valence-corrected chi connectivity index (χ4v) is 5.56. The molecule has 1 amide bonds. The molecule has 0 aromatic heterocycles. The van der Waals surface area contributed by atoms with Gasteiger partial charge >= 0.3 is 0 Å². The number of aryl methyl sites for hydroxylation is 1. The van der Waals surface area contributed by atoms with Crippen LogP contribution in [0.2, 0.25) is 0 Å². The fourth-order valence-electron chi connectivity index (χ4n) is 4.09. The molecule has 1 N–H and O–H groups in total. The standard InChI is InChI=1S/C31H31N3O5S/c1-22-14-17-26(18-15-22)40(36,37)34(21-24-10-6-5-7-11-24)28-13-9-8-12-27(28)31(35)33-32-23(2)25-16-19-29(38-3)30(20-25)39-4/h5-20H,21H2,1-4H3,(H,33,35)/b32-23-. The number of benzene rings is 4. The molecule has 0 saturated heterocycles. The molecule has 9 heteroatoms. The lowest BCUT2D eigenvalue weighted by Gasteiger charge is -2.26. The summed E-state index contributed by atoms with van der Waals surface area (Å²) in [6.45, 7) is 3.68. The molecular weight excluding hydrogens is 526 g/mol. The number of carbonyl (C=O) groups excluding carboxylic acids is 1. The Morgan fingerprint density at radius 2 is 1.50 bits per heavy atom. The van der Waals surface area contributed by atoms with Gasteiger partial charge in [-0.05, 0) is 61.9 Å². The van der Waals surface area contributed by atoms with E-state index < -0.39 is 15.9 Å². The van der Waals surface area contributed by atoms with Crippen molar-refractivity contribution in [3.63, 3.8) is 0 Å². The average Bonchev–Trinajstić information content (AvgIpc) is 2.98. The van der Waals surface area contributed by atoms with E-state index in [1.807, 2.05) is 37.3 Å². The van der Waals surface area contributed by atoms with E-state index in [1.54, 1.807) is 87.9 Å². The Morgan fingerprint density at radius 1 is 0.850 bits per heavy atom. The number of nitrogens with zero attached hydrogens (tertiary/aromatic N) is 2. The normalized spacial score (nSPS) is 11.6. The van der Waals surface area contributed by atoms with Crippen molar-refractivity contribution in [2.45, 2.75) is 25.3 Å². The smallest absolute Gasteiger partial charge is 0.273 e. The quantitative estimate of drug-likeness (QED) is 0.203. The van der Waals surface area contributed by atoms with Crippen LogP contribution in [0.5, 0.6) is 11.5 Å². The molecule has 0 bridgehead atoms. The van der Waals surface area contributed by atoms with Gasteiger partial charge in [-0.3, -0.25) is 9.10 Å². The fraction of sp³-hybridized carbons (Fsp3) is 0.161. The van der Waals surface area contributed by atoms with Gasteiger partial charge in [-0.15, -0.1) is 0 Å². The van der Waals surface area contributed by atoms with Crippen LogP contribution in [-0.2, 0) is 16.6 Å². The van der Waals surface area contributed by atoms with Crippen LogP contribution in [-0.4, -0.2) is 34.3 Å². The second-order valence-electron chi connectivity index (χ2n) is 9.04. The first-order valence-electron chi connectivity index (χ1n) is 12.5. The molecular formula is C31H31N3O5S. The first-order chi connectivity index (χ1) is 19.2. The van der Waals surface area contributed by atoms with Crippen molar-refractivity contribution >= 4 is 27.3 Å². The Hall–Kier alpha value is -4.63. The van der Waals surface area contributed by atoms with Gasteiger partial charge in [0.25, 0.3) is 15.9 Å². The third-order valence-corrected chi connectivity index (χ3v) is 8.10. The number of amides is 1. The summed E-state index contributed by atoms with van der Waals surface area (Å²) in [6.07, 6.45) is 0. The number of methoxy groups -OCH3 is 2. The molecule has 0 fully saturated rings. The zero-order valence-corrected chi connectivity index (χ0v) is 23.6. The van der Waals surface area contributed by atoms with Crippen LogP contribution in [0.25, 0.3) is 0 Å². The van der Waals surface area contributed by atoms with Gasteiger partial charge in [-0.1, -0.05) is 60.2 Å². The molecule has 4 rings (SSSR count). The number of anilines is 1. The second kappa shape index (κ2) is 12.5. The van der Waals surface area contributed by atoms with E-state index in [1.165, 1.54) is 4.31 Å². The van der Waals surface area contributed by atoms with Crippen molar-refractivity contribution in [2.24, 2.45) is 5.10 Å². The molecule has 0 atom stereocenters. The number of nitrogens with one attached hydrogen (secondary N) is 1. The van der Waals surface area contributed by atoms with Crippen molar-refractivity contribution < 1.29 is 22.7 Å². The molecule has 0 heterocycles. The zero-order valence-electron chi connectivity index (χ0n) is 22.8. The maximum Gasteiger partial charge on any atom is 0.273 e. The lowest BCUT2D eigenvalue weighted by molar-refractivity contribution is 0.0955. The second-order valence-corrected chi connectivity index (χ2v) is 10.9. The number of para-hydroxylation sites is 1. The lowest BCUT2D eigenvalue weighted by Crippen LogP contribution is -2.33. The van der Waals surface area contributed by atoms with Crippen LogP contribution in [0.3, 0.4) is 0 Å². The lowest BCUT2D eigenvalue weighted by atomic mass is 10.1. The van der Waals surface area contributed by atoms with Gasteiger partial charge in [0.2, 0.25) is 0 Å². The predicted octanol–water partition coefficient (Wildman–Crippen LogP) is 5.56. The van der Waals surface area contributed by atoms with Crippen LogP contribution in [0, 0.1) is 6.92 Å². The number of ether oxygens (including phenoxy) is 2. The Bertz CT molecular complexity index is 1620. The molecule has 4 aromatic rings. The topological polar surface area (TPSA) is 97.3 Å². The number of rotatable bonds is 10. The molecule has 206 valence electrons. The molecule has 0 radical (unpaired) electrons. The molecule has 40 heavy (non-hydrogen) atoms. The van der Waals surface area contributed by atoms with Gasteiger partial charge in [-0.25, -0.2) is 13.8 Å². The van der Waals surface area contributed by atoms with E-state index in [-0.39, 0.29) is 22.7 Å². The minimum Gasteiger partial charge on any atom is -0.493 e. The summed E-state index contributed by atoms with van der Waals surface area (Å²) >= 11 is 0. The highest BCUT2D eigenvalue weighted by Crippen LogP contribution is 2.30. The Labute approximate surface area is 234 Å². The van der Waals surface area contributed by atoms with E-state index in [4.69, 9.17) is 9.47 Å². The molecule has 0 saturated carbocycles. The highest BCUT2D eigenvalue weighted by Gasteiger charge is 2.28. The average molecular weight is 558 g/mol. The summed E-state index contributed by atoms with van der Waals surface area (Å²) in [6, 6.07) is 27.8. The number of carbonyl (C=O) groups is 1. The zero-order chi connectivity index (χ0) is 28.7. The van der Waals surface area contributed by atoms with Crippen molar-refractivity contribution in [2.75, 3.05) is 18.5 Å². The van der Waals surface area contributed by atoms with Gasteiger partial charge < -0.3 is 9.47 Å². The monoisotopic (exact) mass is 557 g/mol. The van der Waals surface area contributed by atoms with Crippen molar-refractivity contribution in [1.82, 2.24) is 5.43 Å². The van der Waals surface area contributed by atoms with Gasteiger partial charge in [0, 0.05) is 5.56 Å². The Morgan fingerprint density at radius 3 is 2.17 bits per heavy atom. The van der Waals surface area contributed by atoms with Crippen LogP contribution in [0.1, 0.15) is 34.0 Å². The van der Waals surface area contributed by atoms with Crippen molar-refractivity contribution in [3.8, 4) is 11.5 Å². The summed E-state index contributed by atoms with van der Waals surface area (Å²) in [4.78, 5) is 13.5. The van der Waals surface area contributed by atoms with Crippen LogP contribution < -0.4 is 19.2 Å². The highest BCUT2D eigenvalue weighted by atomic mass is 32.2. The maximum absolute atomic E-state index is 13.9. The summed E-state index contributed by atoms with van der Waals surface area (Å²) in [5.74, 6) is 0.557. The van der Waals surface area contributed by atoms with E-state index >= 15 is 0 Å². The van der Waals surface area contributed by atoms with Crippen LogP contribution in [0.15, 0.2) is 107 Å². The van der Waals surface area contributed by atoms with Gasteiger partial charge in [-0.2, -0.15) is 5.10 Å². The number of sulfonamides is 1. The molecule has 8 nitrogen and oxygen atoms in total. The summed E-state index contributed by atoms with van der Waals surface area (Å²) in [5.41, 5.74) is 5.94. The molecule has 0 unspecified atom stereocenters. The summed E-state index contributed by atoms with van der Waals surface area (Å²) in [5, 5.41) is 4.27. The molecule has 0 aliphatic rings. The third-order valence-electron chi connectivity index (χ3n) is 6.32. The Kier molecular flexibility index (Phi) is 8.86. The first-order valence-corrected chi connectivity index (χ1v) is 14.0. The SMILES string of the molecule is COc1ccc(/C(C)=N\NC(=O)c2ccccc2N(Cc2ccccc2)S(=O)(=O)c2ccc(C)cc2)cc1OC. The van der Waals surface area contributed by atoms with Gasteiger partial charge in [0.05, 0.1) is 42.6 Å². The number of hydrazone groups is 1. The van der Waals surface area contributed by atoms with Crippen LogP contribution >= 0.6 is 0 Å².